The molecule has 0 aliphatic heterocycles. The fourth-order valence-electron chi connectivity index (χ4n) is 2.79. The molecule has 0 aliphatic rings. The average Bonchev–Trinajstić information content (AvgIpc) is 2.77. The van der Waals surface area contributed by atoms with Crippen molar-refractivity contribution in [1.29, 1.82) is 0 Å². The fourth-order valence-corrected chi connectivity index (χ4v) is 2.91. The highest BCUT2D eigenvalue weighted by molar-refractivity contribution is 6.30. The maximum Gasteiger partial charge on any atom is 0.387 e. The molecule has 2 N–H and O–H groups in total. The summed E-state index contributed by atoms with van der Waals surface area (Å²) >= 11 is 5.81. The van der Waals surface area contributed by atoms with Gasteiger partial charge < -0.3 is 14.8 Å². The summed E-state index contributed by atoms with van der Waals surface area (Å²) in [6.45, 7) is -0.0793. The van der Waals surface area contributed by atoms with Gasteiger partial charge in [-0.3, -0.25) is 19.7 Å². The molecule has 0 spiro atoms. The normalized spacial score (nSPS) is 11.6. The van der Waals surface area contributed by atoms with E-state index < -0.39 is 43.0 Å². The second-order valence-corrected chi connectivity index (χ2v) is 7.99. The van der Waals surface area contributed by atoms with Crippen molar-refractivity contribution in [2.24, 2.45) is 5.92 Å². The molecule has 8 nitrogen and oxygen atoms in total. The Morgan fingerprint density at radius 3 is 2.03 bits per heavy atom. The number of nitrogens with one attached hydrogen (secondary N) is 2. The number of imide groups is 1. The number of carbonyl (C=O) groups is 4. The lowest BCUT2D eigenvalue weighted by atomic mass is 10.0. The Labute approximate surface area is 199 Å². The first kappa shape index (κ1) is 26.7. The van der Waals surface area contributed by atoms with Crippen LogP contribution < -0.4 is 15.4 Å². The monoisotopic (exact) mass is 496 g/mol. The van der Waals surface area contributed by atoms with Gasteiger partial charge >= 0.3 is 12.6 Å². The van der Waals surface area contributed by atoms with Crippen LogP contribution in [0.2, 0.25) is 5.02 Å². The number of carbonyl (C=O) groups excluding carboxylic acids is 4. The number of hydrogen-bond acceptors (Lipinski definition) is 6. The van der Waals surface area contributed by atoms with Gasteiger partial charge in [-0.15, -0.1) is 0 Å². The van der Waals surface area contributed by atoms with E-state index in [1.807, 2.05) is 19.2 Å². The zero-order valence-electron chi connectivity index (χ0n) is 18.3. The van der Waals surface area contributed by atoms with Crippen LogP contribution in [0.5, 0.6) is 5.75 Å². The molecule has 1 atom stereocenters. The Morgan fingerprint density at radius 1 is 0.912 bits per heavy atom. The topological polar surface area (TPSA) is 111 Å². The molecule has 0 saturated carbocycles. The molecular formula is C23H23ClF2N2O6. The number of alkyl halides is 2. The molecule has 0 radical (unpaired) electrons. The number of rotatable bonds is 10. The lowest BCUT2D eigenvalue weighted by molar-refractivity contribution is -0.150. The van der Waals surface area contributed by atoms with Crippen molar-refractivity contribution < 1.29 is 37.4 Å². The molecule has 1 unspecified atom stereocenters. The van der Waals surface area contributed by atoms with Gasteiger partial charge in [0.1, 0.15) is 11.8 Å². The van der Waals surface area contributed by atoms with Gasteiger partial charge in [-0.05, 0) is 60.9 Å². The van der Waals surface area contributed by atoms with Crippen LogP contribution in [0.4, 0.5) is 8.78 Å². The van der Waals surface area contributed by atoms with Gasteiger partial charge in [0.05, 0.1) is 0 Å². The number of amides is 3. The third-order valence-corrected chi connectivity index (χ3v) is 4.60. The summed E-state index contributed by atoms with van der Waals surface area (Å²) in [5.74, 6) is -3.21. The van der Waals surface area contributed by atoms with Crippen LogP contribution in [0.3, 0.4) is 0 Å². The molecule has 34 heavy (non-hydrogen) atoms. The highest BCUT2D eigenvalue weighted by atomic mass is 35.5. The number of halogens is 3. The van der Waals surface area contributed by atoms with Crippen LogP contribution in [0, 0.1) is 5.92 Å². The second kappa shape index (κ2) is 12.6. The first-order chi connectivity index (χ1) is 16.0. The largest absolute Gasteiger partial charge is 0.454 e. The van der Waals surface area contributed by atoms with Gasteiger partial charge in [0.25, 0.3) is 17.7 Å². The van der Waals surface area contributed by atoms with Crippen LogP contribution in [0.25, 0.3) is 0 Å². The molecule has 2 aromatic carbocycles. The smallest absolute Gasteiger partial charge is 0.387 e. The van der Waals surface area contributed by atoms with Crippen LogP contribution in [0.15, 0.2) is 48.5 Å². The van der Waals surface area contributed by atoms with Crippen molar-refractivity contribution >= 4 is 35.3 Å². The molecular weight excluding hydrogens is 474 g/mol. The molecule has 3 amide bonds. The first-order valence-corrected chi connectivity index (χ1v) is 10.5. The highest BCUT2D eigenvalue weighted by Crippen LogP contribution is 2.15. The Hall–Kier alpha value is -3.53. The maximum absolute atomic E-state index is 12.5. The van der Waals surface area contributed by atoms with E-state index in [0.29, 0.717) is 10.6 Å². The second-order valence-electron chi connectivity index (χ2n) is 7.55. The van der Waals surface area contributed by atoms with E-state index in [2.05, 4.69) is 10.1 Å². The van der Waals surface area contributed by atoms with Crippen LogP contribution in [0.1, 0.15) is 41.0 Å². The molecule has 2 rings (SSSR count). The first-order valence-electron chi connectivity index (χ1n) is 10.2. The average molecular weight is 497 g/mol. The van der Waals surface area contributed by atoms with E-state index in [0.717, 1.165) is 12.1 Å². The van der Waals surface area contributed by atoms with E-state index >= 15 is 0 Å². The van der Waals surface area contributed by atoms with Crippen molar-refractivity contribution in [3.8, 4) is 5.75 Å². The molecule has 2 aromatic rings. The summed E-state index contributed by atoms with van der Waals surface area (Å²) < 4.78 is 33.5. The lowest BCUT2D eigenvalue weighted by Crippen LogP contribution is -2.44. The zero-order chi connectivity index (χ0) is 25.3. The standard InChI is InChI=1S/C23H23ClF2N2O6/c1-13(2)11-18(27-20(30)14-3-7-16(24)8-4-14)22(32)33-12-19(29)28-21(31)15-5-9-17(10-6-15)34-23(25)26/h3-10,13,18,23H,11-12H2,1-2H3,(H,27,30)(H,28,29,31). The van der Waals surface area contributed by atoms with Gasteiger partial charge in [-0.2, -0.15) is 8.78 Å². The number of esters is 1. The van der Waals surface area contributed by atoms with Crippen molar-refractivity contribution in [2.75, 3.05) is 6.61 Å². The summed E-state index contributed by atoms with van der Waals surface area (Å²) in [5, 5.41) is 5.04. The Kier molecular flexibility index (Phi) is 9.93. The molecule has 0 saturated heterocycles. The highest BCUT2D eigenvalue weighted by Gasteiger charge is 2.25. The number of ether oxygens (including phenoxy) is 2. The predicted octanol–water partition coefficient (Wildman–Crippen LogP) is 3.59. The third kappa shape index (κ3) is 8.78. The molecule has 0 aliphatic carbocycles. The summed E-state index contributed by atoms with van der Waals surface area (Å²) in [6, 6.07) is 9.72. The number of hydrogen-bond donors (Lipinski definition) is 2. The van der Waals surface area contributed by atoms with Gasteiger partial charge in [0, 0.05) is 16.1 Å². The van der Waals surface area contributed by atoms with Gasteiger partial charge in [-0.1, -0.05) is 25.4 Å². The van der Waals surface area contributed by atoms with E-state index in [9.17, 15) is 28.0 Å². The summed E-state index contributed by atoms with van der Waals surface area (Å²) in [6.07, 6.45) is 0.256. The summed E-state index contributed by atoms with van der Waals surface area (Å²) in [4.78, 5) is 49.1. The lowest BCUT2D eigenvalue weighted by Gasteiger charge is -2.19. The summed E-state index contributed by atoms with van der Waals surface area (Å²) in [7, 11) is 0. The predicted molar refractivity (Wildman–Crippen MR) is 119 cm³/mol. The van der Waals surface area contributed by atoms with Crippen LogP contribution >= 0.6 is 11.6 Å². The molecule has 0 aromatic heterocycles. The minimum atomic E-state index is -3.01. The van der Waals surface area contributed by atoms with Gasteiger partial charge in [-0.25, -0.2) is 4.79 Å². The van der Waals surface area contributed by atoms with Crippen molar-refractivity contribution in [3.63, 3.8) is 0 Å². The molecule has 182 valence electrons. The van der Waals surface area contributed by atoms with Crippen molar-refractivity contribution in [2.45, 2.75) is 32.9 Å². The molecule has 11 heteroatoms. The van der Waals surface area contributed by atoms with Gasteiger partial charge in [0.2, 0.25) is 0 Å². The quantitative estimate of drug-likeness (QED) is 0.486. The van der Waals surface area contributed by atoms with Crippen molar-refractivity contribution in [1.82, 2.24) is 10.6 Å². The van der Waals surface area contributed by atoms with E-state index in [1.54, 1.807) is 0 Å². The Bertz CT molecular complexity index is 1010. The van der Waals surface area contributed by atoms with Crippen LogP contribution in [-0.2, 0) is 14.3 Å². The van der Waals surface area contributed by atoms with E-state index in [-0.39, 0.29) is 23.7 Å². The zero-order valence-corrected chi connectivity index (χ0v) is 19.1. The molecule has 0 bridgehead atoms. The van der Waals surface area contributed by atoms with E-state index in [4.69, 9.17) is 16.3 Å². The fraction of sp³-hybridized carbons (Fsp3) is 0.304. The Balaban J connectivity index is 1.90. The summed E-state index contributed by atoms with van der Waals surface area (Å²) in [5.41, 5.74) is 0.300. The minimum absolute atomic E-state index is 0.00852. The third-order valence-electron chi connectivity index (χ3n) is 4.34. The molecule has 0 fully saturated rings. The van der Waals surface area contributed by atoms with Gasteiger partial charge in [0.15, 0.2) is 6.61 Å². The van der Waals surface area contributed by atoms with Crippen molar-refractivity contribution in [3.05, 3.63) is 64.7 Å². The minimum Gasteiger partial charge on any atom is -0.454 e. The SMILES string of the molecule is CC(C)CC(NC(=O)c1ccc(Cl)cc1)C(=O)OCC(=O)NC(=O)c1ccc(OC(F)F)cc1. The maximum atomic E-state index is 12.5. The molecule has 0 heterocycles. The number of benzene rings is 2. The van der Waals surface area contributed by atoms with Crippen LogP contribution in [-0.4, -0.2) is 43.0 Å². The Morgan fingerprint density at radius 2 is 1.47 bits per heavy atom. The van der Waals surface area contributed by atoms with E-state index in [1.165, 1.54) is 36.4 Å².